The fourth-order valence-electron chi connectivity index (χ4n) is 1.66. The van der Waals surface area contributed by atoms with Gasteiger partial charge in [0.2, 0.25) is 0 Å². The average Bonchev–Trinajstić information content (AvgIpc) is 2.30. The van der Waals surface area contributed by atoms with Crippen LogP contribution in [0, 0.1) is 6.92 Å². The van der Waals surface area contributed by atoms with Gasteiger partial charge in [-0.1, -0.05) is 0 Å². The van der Waals surface area contributed by atoms with Gasteiger partial charge in [-0.25, -0.2) is 4.68 Å². The Bertz CT molecular complexity index is 426. The first kappa shape index (κ1) is 13.9. The van der Waals surface area contributed by atoms with Gasteiger partial charge < -0.3 is 10.1 Å². The molecule has 17 heavy (non-hydrogen) atoms. The van der Waals surface area contributed by atoms with Gasteiger partial charge in [-0.05, 0) is 33.9 Å². The molecule has 0 bridgehead atoms. The zero-order chi connectivity index (χ0) is 13.1. The molecule has 0 radical (unpaired) electrons. The monoisotopic (exact) mass is 239 g/mol. The number of ether oxygens (including phenoxy) is 1. The summed E-state index contributed by atoms with van der Waals surface area (Å²) in [7, 11) is 3.52. The van der Waals surface area contributed by atoms with Crippen LogP contribution < -0.4 is 10.9 Å². The Kier molecular flexibility index (Phi) is 4.42. The summed E-state index contributed by atoms with van der Waals surface area (Å²) in [5.41, 5.74) is 0.372. The Morgan fingerprint density at radius 2 is 2.18 bits per heavy atom. The largest absolute Gasteiger partial charge is 0.377 e. The molecule has 1 unspecified atom stereocenters. The minimum atomic E-state index is -0.361. The number of rotatable bonds is 5. The molecule has 0 aliphatic rings. The lowest BCUT2D eigenvalue weighted by Crippen LogP contribution is -2.50. The van der Waals surface area contributed by atoms with Gasteiger partial charge in [0, 0.05) is 13.2 Å². The summed E-state index contributed by atoms with van der Waals surface area (Å²) in [6.07, 6.45) is 0. The number of likely N-dealkylation sites (N-methyl/N-ethyl adjacent to an activating group) is 1. The first-order valence-corrected chi connectivity index (χ1v) is 5.68. The number of methoxy groups -OCH3 is 1. The molecule has 1 N–H and O–H groups in total. The fourth-order valence-corrected chi connectivity index (χ4v) is 1.66. The van der Waals surface area contributed by atoms with Gasteiger partial charge in [0.05, 0.1) is 23.9 Å². The number of hydrogen-bond acceptors (Lipinski definition) is 4. The molecule has 0 saturated heterocycles. The Balaban J connectivity index is 2.95. The quantitative estimate of drug-likeness (QED) is 0.816. The third-order valence-corrected chi connectivity index (χ3v) is 3.07. The average molecular weight is 239 g/mol. The van der Waals surface area contributed by atoms with E-state index in [1.807, 2.05) is 27.8 Å². The van der Waals surface area contributed by atoms with E-state index in [4.69, 9.17) is 4.74 Å². The molecule has 0 saturated carbocycles. The zero-order valence-electron chi connectivity index (χ0n) is 11.2. The lowest BCUT2D eigenvalue weighted by molar-refractivity contribution is -0.0140. The maximum atomic E-state index is 11.7. The Hall–Kier alpha value is -1.20. The molecule has 5 heteroatoms. The second kappa shape index (κ2) is 5.42. The second-order valence-corrected chi connectivity index (χ2v) is 4.64. The summed E-state index contributed by atoms with van der Waals surface area (Å²) in [5, 5.41) is 7.38. The highest BCUT2D eigenvalue weighted by Gasteiger charge is 2.28. The van der Waals surface area contributed by atoms with Gasteiger partial charge in [0.15, 0.2) is 0 Å². The lowest BCUT2D eigenvalue weighted by Gasteiger charge is -2.32. The van der Waals surface area contributed by atoms with Crippen LogP contribution in [0.5, 0.6) is 0 Å². The van der Waals surface area contributed by atoms with Gasteiger partial charge in [0.25, 0.3) is 5.56 Å². The number of nitrogens with zero attached hydrogens (tertiary/aromatic N) is 2. The van der Waals surface area contributed by atoms with Gasteiger partial charge in [-0.15, -0.1) is 0 Å². The lowest BCUT2D eigenvalue weighted by atomic mass is 9.99. The van der Waals surface area contributed by atoms with E-state index in [0.717, 1.165) is 5.69 Å². The molecule has 1 aromatic heterocycles. The van der Waals surface area contributed by atoms with Crippen molar-refractivity contribution in [1.29, 1.82) is 0 Å². The molecule has 0 aliphatic carbocycles. The van der Waals surface area contributed by atoms with E-state index in [2.05, 4.69) is 10.4 Å². The SMILES string of the molecule is CNC(Cn1nc(C)ccc1=O)C(C)(C)OC. The van der Waals surface area contributed by atoms with Crippen LogP contribution in [0.4, 0.5) is 0 Å². The molecule has 1 aromatic rings. The van der Waals surface area contributed by atoms with E-state index in [-0.39, 0.29) is 17.2 Å². The number of nitrogens with one attached hydrogen (secondary N) is 1. The Labute approximate surface area is 102 Å². The van der Waals surface area contributed by atoms with Crippen LogP contribution in [0.25, 0.3) is 0 Å². The van der Waals surface area contributed by atoms with Gasteiger partial charge in [0.1, 0.15) is 0 Å². The maximum Gasteiger partial charge on any atom is 0.266 e. The van der Waals surface area contributed by atoms with Crippen molar-refractivity contribution in [3.63, 3.8) is 0 Å². The van der Waals surface area contributed by atoms with Crippen molar-refractivity contribution in [2.24, 2.45) is 0 Å². The molecule has 0 fully saturated rings. The van der Waals surface area contributed by atoms with Crippen LogP contribution in [0.2, 0.25) is 0 Å². The third-order valence-electron chi connectivity index (χ3n) is 3.07. The highest BCUT2D eigenvalue weighted by Crippen LogP contribution is 2.14. The molecule has 0 amide bonds. The molecule has 1 rings (SSSR count). The van der Waals surface area contributed by atoms with Crippen molar-refractivity contribution in [3.05, 3.63) is 28.2 Å². The minimum Gasteiger partial charge on any atom is -0.377 e. The fraction of sp³-hybridized carbons (Fsp3) is 0.667. The number of aromatic nitrogens is 2. The summed E-state index contributed by atoms with van der Waals surface area (Å²) < 4.78 is 6.90. The van der Waals surface area contributed by atoms with Crippen molar-refractivity contribution in [3.8, 4) is 0 Å². The van der Waals surface area contributed by atoms with Gasteiger partial charge >= 0.3 is 0 Å². The first-order chi connectivity index (χ1) is 7.90. The van der Waals surface area contributed by atoms with Crippen LogP contribution in [0.3, 0.4) is 0 Å². The van der Waals surface area contributed by atoms with Crippen LogP contribution in [-0.2, 0) is 11.3 Å². The smallest absolute Gasteiger partial charge is 0.266 e. The predicted octanol–water partition coefficient (Wildman–Crippen LogP) is 0.565. The summed E-state index contributed by atoms with van der Waals surface area (Å²) in [5.74, 6) is 0. The predicted molar refractivity (Wildman–Crippen MR) is 67.2 cm³/mol. The van der Waals surface area contributed by atoms with E-state index in [1.54, 1.807) is 13.2 Å². The second-order valence-electron chi connectivity index (χ2n) is 4.64. The van der Waals surface area contributed by atoms with E-state index in [1.165, 1.54) is 10.7 Å². The van der Waals surface area contributed by atoms with Crippen LogP contribution in [0.1, 0.15) is 19.5 Å². The van der Waals surface area contributed by atoms with E-state index >= 15 is 0 Å². The van der Waals surface area contributed by atoms with Crippen LogP contribution in [-0.4, -0.2) is 35.6 Å². The standard InChI is InChI=1S/C12H21N3O2/c1-9-6-7-11(16)15(14-9)8-10(13-4)12(2,3)17-5/h6-7,10,13H,8H2,1-5H3. The molecule has 1 heterocycles. The normalized spacial score (nSPS) is 13.7. The molecule has 5 nitrogen and oxygen atoms in total. The maximum absolute atomic E-state index is 11.7. The van der Waals surface area contributed by atoms with Gasteiger partial charge in [-0.3, -0.25) is 4.79 Å². The molecule has 0 aliphatic heterocycles. The molecule has 96 valence electrons. The molecule has 1 atom stereocenters. The van der Waals surface area contributed by atoms with Crippen molar-refractivity contribution in [1.82, 2.24) is 15.1 Å². The molecular weight excluding hydrogens is 218 g/mol. The van der Waals surface area contributed by atoms with Crippen molar-refractivity contribution < 1.29 is 4.74 Å². The Morgan fingerprint density at radius 1 is 1.53 bits per heavy atom. The van der Waals surface area contributed by atoms with Crippen molar-refractivity contribution in [2.75, 3.05) is 14.2 Å². The van der Waals surface area contributed by atoms with E-state index < -0.39 is 0 Å². The summed E-state index contributed by atoms with van der Waals surface area (Å²) in [6.45, 7) is 6.31. The summed E-state index contributed by atoms with van der Waals surface area (Å²) >= 11 is 0. The number of hydrogen-bond donors (Lipinski definition) is 1. The molecular formula is C12H21N3O2. The summed E-state index contributed by atoms with van der Waals surface area (Å²) in [4.78, 5) is 11.7. The van der Waals surface area contributed by atoms with E-state index in [0.29, 0.717) is 6.54 Å². The van der Waals surface area contributed by atoms with Crippen LogP contribution >= 0.6 is 0 Å². The summed E-state index contributed by atoms with van der Waals surface area (Å²) in [6, 6.07) is 3.27. The number of aryl methyl sites for hydroxylation is 1. The van der Waals surface area contributed by atoms with Crippen LogP contribution in [0.15, 0.2) is 16.9 Å². The highest BCUT2D eigenvalue weighted by atomic mass is 16.5. The van der Waals surface area contributed by atoms with Gasteiger partial charge in [-0.2, -0.15) is 5.10 Å². The molecule has 0 aromatic carbocycles. The zero-order valence-corrected chi connectivity index (χ0v) is 11.2. The van der Waals surface area contributed by atoms with Crippen molar-refractivity contribution >= 4 is 0 Å². The first-order valence-electron chi connectivity index (χ1n) is 5.68. The topological polar surface area (TPSA) is 56.2 Å². The highest BCUT2D eigenvalue weighted by molar-refractivity contribution is 4.98. The Morgan fingerprint density at radius 3 is 2.71 bits per heavy atom. The minimum absolute atomic E-state index is 0.0134. The molecule has 0 spiro atoms. The van der Waals surface area contributed by atoms with E-state index in [9.17, 15) is 4.79 Å². The van der Waals surface area contributed by atoms with Crippen molar-refractivity contribution in [2.45, 2.75) is 39.0 Å². The third kappa shape index (κ3) is 3.38.